The first kappa shape index (κ1) is 17.8. The van der Waals surface area contributed by atoms with Crippen LogP contribution in [-0.4, -0.2) is 24.0 Å². The fourth-order valence-corrected chi connectivity index (χ4v) is 2.91. The normalized spacial score (nSPS) is 10.8. The zero-order chi connectivity index (χ0) is 18.5. The highest BCUT2D eigenvalue weighted by Crippen LogP contribution is 2.22. The molecule has 6 heteroatoms. The van der Waals surface area contributed by atoms with Gasteiger partial charge >= 0.3 is 5.63 Å². The minimum atomic E-state index is -0.355. The lowest BCUT2D eigenvalue weighted by Gasteiger charge is -2.10. The maximum absolute atomic E-state index is 11.9. The summed E-state index contributed by atoms with van der Waals surface area (Å²) in [5.41, 5.74) is 3.76. The first-order valence-electron chi connectivity index (χ1n) is 8.47. The van der Waals surface area contributed by atoms with Crippen LogP contribution in [0.2, 0.25) is 0 Å². The van der Waals surface area contributed by atoms with Gasteiger partial charge in [0.1, 0.15) is 5.58 Å². The second-order valence-electron chi connectivity index (χ2n) is 6.22. The number of rotatable bonds is 6. The van der Waals surface area contributed by atoms with E-state index in [4.69, 9.17) is 4.42 Å². The van der Waals surface area contributed by atoms with E-state index >= 15 is 0 Å². The Hall–Kier alpha value is -2.99. The van der Waals surface area contributed by atoms with Crippen LogP contribution in [0.1, 0.15) is 27.0 Å². The molecule has 2 N–H and O–H groups in total. The van der Waals surface area contributed by atoms with Gasteiger partial charge < -0.3 is 15.1 Å². The number of aromatic nitrogens is 1. The van der Waals surface area contributed by atoms with Gasteiger partial charge in [-0.05, 0) is 48.7 Å². The molecule has 0 aliphatic carbocycles. The van der Waals surface area contributed by atoms with Crippen molar-refractivity contribution >= 4 is 16.9 Å². The molecule has 0 spiro atoms. The molecule has 0 atom stereocenters. The fourth-order valence-electron chi connectivity index (χ4n) is 2.91. The number of carbonyl (C=O) groups excluding carboxylic acids is 1. The molecule has 0 bridgehead atoms. The predicted molar refractivity (Wildman–Crippen MR) is 100 cm³/mol. The third kappa shape index (κ3) is 4.15. The third-order valence-corrected chi connectivity index (χ3v) is 4.09. The van der Waals surface area contributed by atoms with E-state index in [9.17, 15) is 9.59 Å². The van der Waals surface area contributed by atoms with E-state index in [2.05, 4.69) is 15.6 Å². The van der Waals surface area contributed by atoms with E-state index in [0.29, 0.717) is 30.8 Å². The lowest BCUT2D eigenvalue weighted by molar-refractivity contribution is 0.0953. The summed E-state index contributed by atoms with van der Waals surface area (Å²) in [6.45, 7) is 5.53. The summed E-state index contributed by atoms with van der Waals surface area (Å²) in [7, 11) is 0. The van der Waals surface area contributed by atoms with Gasteiger partial charge in [-0.3, -0.25) is 9.78 Å². The summed E-state index contributed by atoms with van der Waals surface area (Å²) in [6, 6.07) is 8.98. The number of benzene rings is 1. The van der Waals surface area contributed by atoms with E-state index in [1.54, 1.807) is 18.3 Å². The molecule has 1 aromatic carbocycles. The predicted octanol–water partition coefficient (Wildman–Crippen LogP) is 2.32. The average Bonchev–Trinajstić information content (AvgIpc) is 2.62. The number of nitrogens with one attached hydrogen (secondary N) is 2. The van der Waals surface area contributed by atoms with Crippen molar-refractivity contribution in [3.8, 4) is 0 Å². The molecule has 134 valence electrons. The number of hydrogen-bond donors (Lipinski definition) is 2. The largest absolute Gasteiger partial charge is 0.422 e. The van der Waals surface area contributed by atoms with Crippen molar-refractivity contribution < 1.29 is 9.21 Å². The number of nitrogens with zero attached hydrogens (tertiary/aromatic N) is 1. The van der Waals surface area contributed by atoms with Crippen LogP contribution >= 0.6 is 0 Å². The summed E-state index contributed by atoms with van der Waals surface area (Å²) in [4.78, 5) is 27.7. The van der Waals surface area contributed by atoms with E-state index in [1.807, 2.05) is 26.0 Å². The highest BCUT2D eigenvalue weighted by molar-refractivity contribution is 5.93. The Morgan fingerprint density at radius 3 is 2.81 bits per heavy atom. The third-order valence-electron chi connectivity index (χ3n) is 4.09. The van der Waals surface area contributed by atoms with Gasteiger partial charge in [0, 0.05) is 43.5 Å². The van der Waals surface area contributed by atoms with Gasteiger partial charge in [-0.15, -0.1) is 0 Å². The molecular formula is C20H21N3O3. The molecule has 0 saturated carbocycles. The summed E-state index contributed by atoms with van der Waals surface area (Å²) >= 11 is 0. The summed E-state index contributed by atoms with van der Waals surface area (Å²) in [6.07, 6.45) is 3.16. The Morgan fingerprint density at radius 1 is 1.19 bits per heavy atom. The Kier molecular flexibility index (Phi) is 5.43. The molecular weight excluding hydrogens is 330 g/mol. The topological polar surface area (TPSA) is 84.2 Å². The number of pyridine rings is 1. The zero-order valence-corrected chi connectivity index (χ0v) is 14.8. The van der Waals surface area contributed by atoms with Crippen molar-refractivity contribution in [1.29, 1.82) is 0 Å². The van der Waals surface area contributed by atoms with Crippen LogP contribution in [0.25, 0.3) is 11.0 Å². The van der Waals surface area contributed by atoms with Crippen molar-refractivity contribution in [1.82, 2.24) is 15.6 Å². The monoisotopic (exact) mass is 351 g/mol. The summed E-state index contributed by atoms with van der Waals surface area (Å²) in [5, 5.41) is 7.03. The average molecular weight is 351 g/mol. The van der Waals surface area contributed by atoms with Crippen molar-refractivity contribution in [2.75, 3.05) is 13.1 Å². The summed E-state index contributed by atoms with van der Waals surface area (Å²) in [5.74, 6) is -0.156. The van der Waals surface area contributed by atoms with Gasteiger partial charge in [-0.2, -0.15) is 0 Å². The van der Waals surface area contributed by atoms with Gasteiger partial charge in [0.25, 0.3) is 5.91 Å². The van der Waals surface area contributed by atoms with Gasteiger partial charge in [-0.25, -0.2) is 4.79 Å². The first-order valence-corrected chi connectivity index (χ1v) is 8.47. The standard InChI is InChI=1S/C20H21N3O3/c1-13-8-14(2)19-17(9-13)16(10-18(24)26-19)12-22-6-7-23-20(25)15-4-3-5-21-11-15/h3-5,8-11,22H,6-7,12H2,1-2H3,(H,23,25). The number of hydrogen-bond acceptors (Lipinski definition) is 5. The van der Waals surface area contributed by atoms with Crippen molar-refractivity contribution in [3.63, 3.8) is 0 Å². The smallest absolute Gasteiger partial charge is 0.336 e. The Balaban J connectivity index is 1.60. The lowest BCUT2D eigenvalue weighted by Crippen LogP contribution is -2.31. The lowest BCUT2D eigenvalue weighted by atomic mass is 10.0. The SMILES string of the molecule is Cc1cc(C)c2oc(=O)cc(CNCCNC(=O)c3cccnc3)c2c1. The minimum Gasteiger partial charge on any atom is -0.422 e. The molecule has 0 radical (unpaired) electrons. The van der Waals surface area contributed by atoms with E-state index in [0.717, 1.165) is 22.1 Å². The highest BCUT2D eigenvalue weighted by atomic mass is 16.4. The van der Waals surface area contributed by atoms with Crippen LogP contribution in [0.4, 0.5) is 0 Å². The first-order chi connectivity index (χ1) is 12.5. The van der Waals surface area contributed by atoms with Crippen LogP contribution in [0.5, 0.6) is 0 Å². The van der Waals surface area contributed by atoms with Crippen molar-refractivity contribution in [2.24, 2.45) is 0 Å². The zero-order valence-electron chi connectivity index (χ0n) is 14.8. The van der Waals surface area contributed by atoms with Gasteiger partial charge in [0.15, 0.2) is 0 Å². The van der Waals surface area contributed by atoms with Crippen molar-refractivity contribution in [3.05, 3.63) is 75.4 Å². The molecule has 0 fully saturated rings. The molecule has 26 heavy (non-hydrogen) atoms. The number of aryl methyl sites for hydroxylation is 2. The van der Waals surface area contributed by atoms with Gasteiger partial charge in [0.2, 0.25) is 0 Å². The summed E-state index contributed by atoms with van der Waals surface area (Å²) < 4.78 is 5.35. The van der Waals surface area contributed by atoms with Gasteiger partial charge in [-0.1, -0.05) is 6.07 Å². The Morgan fingerprint density at radius 2 is 2.04 bits per heavy atom. The molecule has 2 heterocycles. The van der Waals surface area contributed by atoms with Gasteiger partial charge in [0.05, 0.1) is 5.56 Å². The molecule has 2 aromatic heterocycles. The molecule has 0 saturated heterocycles. The molecule has 3 rings (SSSR count). The Bertz CT molecular complexity index is 981. The van der Waals surface area contributed by atoms with Crippen molar-refractivity contribution in [2.45, 2.75) is 20.4 Å². The second kappa shape index (κ2) is 7.93. The molecule has 3 aromatic rings. The number of carbonyl (C=O) groups is 1. The van der Waals surface area contributed by atoms with E-state index in [-0.39, 0.29) is 11.5 Å². The number of amides is 1. The minimum absolute atomic E-state index is 0.156. The maximum atomic E-state index is 11.9. The van der Waals surface area contributed by atoms with Crippen LogP contribution < -0.4 is 16.3 Å². The molecule has 0 unspecified atom stereocenters. The van der Waals surface area contributed by atoms with Crippen LogP contribution in [0, 0.1) is 13.8 Å². The van der Waals surface area contributed by atoms with E-state index < -0.39 is 0 Å². The van der Waals surface area contributed by atoms with Crippen LogP contribution in [0.3, 0.4) is 0 Å². The Labute approximate surface area is 151 Å². The van der Waals surface area contributed by atoms with Crippen LogP contribution in [-0.2, 0) is 6.54 Å². The quantitative estimate of drug-likeness (QED) is 0.526. The second-order valence-corrected chi connectivity index (χ2v) is 6.22. The van der Waals surface area contributed by atoms with E-state index in [1.165, 1.54) is 12.3 Å². The molecule has 6 nitrogen and oxygen atoms in total. The molecule has 0 aliphatic heterocycles. The highest BCUT2D eigenvalue weighted by Gasteiger charge is 2.09. The molecule has 1 amide bonds. The number of fused-ring (bicyclic) bond motifs is 1. The fraction of sp³-hybridized carbons (Fsp3) is 0.250. The maximum Gasteiger partial charge on any atom is 0.336 e. The molecule has 0 aliphatic rings. The van der Waals surface area contributed by atoms with Crippen LogP contribution in [0.15, 0.2) is 51.9 Å².